The summed E-state index contributed by atoms with van der Waals surface area (Å²) in [5, 5.41) is 3.06. The first-order valence-corrected chi connectivity index (χ1v) is 12.4. The van der Waals surface area contributed by atoms with Gasteiger partial charge in [-0.15, -0.1) is 11.3 Å². The van der Waals surface area contributed by atoms with Crippen molar-refractivity contribution >= 4 is 23.4 Å². The topological polar surface area (TPSA) is 57.7 Å². The van der Waals surface area contributed by atoms with Crippen LogP contribution in [0.3, 0.4) is 0 Å². The highest BCUT2D eigenvalue weighted by molar-refractivity contribution is 7.09. The van der Waals surface area contributed by atoms with Crippen LogP contribution in [0.15, 0.2) is 22.6 Å². The molecule has 0 spiro atoms. The SMILES string of the molecule is CC(=O)OC(CC=C(C)CCC[C@H](C)COC1CCCCO1)C(C)=Cc1csc(C)n1. The first kappa shape index (κ1) is 25.8. The third kappa shape index (κ3) is 10.6. The molecule has 1 aliphatic rings. The Kier molecular flexibility index (Phi) is 11.5. The lowest BCUT2D eigenvalue weighted by Crippen LogP contribution is -2.24. The number of allylic oxidation sites excluding steroid dienone is 1. The van der Waals surface area contributed by atoms with Crippen LogP contribution in [-0.2, 0) is 19.0 Å². The van der Waals surface area contributed by atoms with Crippen molar-refractivity contribution in [3.05, 3.63) is 33.3 Å². The molecule has 1 aromatic heterocycles. The molecule has 0 saturated carbocycles. The minimum atomic E-state index is -0.256. The fourth-order valence-corrected chi connectivity index (χ4v) is 4.21. The van der Waals surface area contributed by atoms with E-state index < -0.39 is 0 Å². The lowest BCUT2D eigenvalue weighted by molar-refractivity contribution is -0.168. The summed E-state index contributed by atoms with van der Waals surface area (Å²) < 4.78 is 17.1. The van der Waals surface area contributed by atoms with Crippen molar-refractivity contribution < 1.29 is 19.0 Å². The predicted molar refractivity (Wildman–Crippen MR) is 127 cm³/mol. The summed E-state index contributed by atoms with van der Waals surface area (Å²) in [6, 6.07) is 0. The van der Waals surface area contributed by atoms with Gasteiger partial charge >= 0.3 is 5.97 Å². The number of hydrogen-bond acceptors (Lipinski definition) is 6. The average Bonchev–Trinajstić information content (AvgIpc) is 3.14. The Labute approximate surface area is 191 Å². The molecule has 3 atom stereocenters. The van der Waals surface area contributed by atoms with Gasteiger partial charge in [-0.05, 0) is 76.9 Å². The first-order valence-electron chi connectivity index (χ1n) is 11.5. The molecule has 2 unspecified atom stereocenters. The first-order chi connectivity index (χ1) is 14.8. The number of aromatic nitrogens is 1. The van der Waals surface area contributed by atoms with Crippen LogP contribution in [0.4, 0.5) is 0 Å². The number of ether oxygens (including phenoxy) is 3. The maximum atomic E-state index is 11.6. The summed E-state index contributed by atoms with van der Waals surface area (Å²) in [6.45, 7) is 11.5. The summed E-state index contributed by atoms with van der Waals surface area (Å²) in [5.74, 6) is 0.271. The van der Waals surface area contributed by atoms with E-state index in [9.17, 15) is 4.79 Å². The summed E-state index contributed by atoms with van der Waals surface area (Å²) in [6.07, 6.45) is 11.3. The van der Waals surface area contributed by atoms with Crippen LogP contribution in [0, 0.1) is 12.8 Å². The van der Waals surface area contributed by atoms with Crippen LogP contribution < -0.4 is 0 Å². The van der Waals surface area contributed by atoms with E-state index in [2.05, 4.69) is 24.9 Å². The Bertz CT molecular complexity index is 734. The van der Waals surface area contributed by atoms with Gasteiger partial charge in [-0.3, -0.25) is 4.79 Å². The molecule has 31 heavy (non-hydrogen) atoms. The largest absolute Gasteiger partial charge is 0.458 e. The Morgan fingerprint density at radius 2 is 2.16 bits per heavy atom. The number of carbonyl (C=O) groups is 1. The van der Waals surface area contributed by atoms with E-state index in [1.165, 1.54) is 18.9 Å². The lowest BCUT2D eigenvalue weighted by atomic mass is 10.00. The fraction of sp³-hybridized carbons (Fsp3) is 0.680. The fourth-order valence-electron chi connectivity index (χ4n) is 3.64. The number of esters is 1. The van der Waals surface area contributed by atoms with E-state index in [1.807, 2.05) is 25.3 Å². The standard InChI is InChI=1S/C25H39NO4S/c1-18(9-8-10-19(2)16-29-25-11-6-7-14-28-25)12-13-24(30-22(5)27)20(3)15-23-17-31-21(4)26-23/h12,15,17,19,24-25H,6-11,13-14,16H2,1-5H3/t19-,24?,25?/m0/s1. The van der Waals surface area contributed by atoms with Gasteiger partial charge in [0.2, 0.25) is 0 Å². The summed E-state index contributed by atoms with van der Waals surface area (Å²) >= 11 is 1.62. The van der Waals surface area contributed by atoms with E-state index in [4.69, 9.17) is 14.2 Å². The second-order valence-electron chi connectivity index (χ2n) is 8.69. The molecule has 0 aliphatic carbocycles. The van der Waals surface area contributed by atoms with Crippen LogP contribution in [0.25, 0.3) is 6.08 Å². The highest BCUT2D eigenvalue weighted by Gasteiger charge is 2.16. The molecule has 5 nitrogen and oxygen atoms in total. The Hall–Kier alpha value is -1.50. The molecule has 1 aromatic rings. The van der Waals surface area contributed by atoms with E-state index in [1.54, 1.807) is 11.3 Å². The van der Waals surface area contributed by atoms with Gasteiger partial charge in [-0.1, -0.05) is 18.6 Å². The maximum Gasteiger partial charge on any atom is 0.303 e. The van der Waals surface area contributed by atoms with E-state index in [0.717, 1.165) is 61.6 Å². The van der Waals surface area contributed by atoms with Crippen LogP contribution in [0.1, 0.15) is 83.3 Å². The molecule has 2 heterocycles. The Morgan fingerprint density at radius 1 is 1.35 bits per heavy atom. The molecule has 0 N–H and O–H groups in total. The highest BCUT2D eigenvalue weighted by atomic mass is 32.1. The molecule has 0 radical (unpaired) electrons. The van der Waals surface area contributed by atoms with Gasteiger partial charge in [-0.25, -0.2) is 4.98 Å². The minimum absolute atomic E-state index is 0.000492. The third-order valence-corrected chi connectivity index (χ3v) is 6.27. The van der Waals surface area contributed by atoms with Gasteiger partial charge in [0, 0.05) is 25.3 Å². The van der Waals surface area contributed by atoms with Crippen LogP contribution >= 0.6 is 11.3 Å². The summed E-state index contributed by atoms with van der Waals surface area (Å²) in [4.78, 5) is 16.1. The Morgan fingerprint density at radius 3 is 2.81 bits per heavy atom. The molecule has 174 valence electrons. The zero-order chi connectivity index (χ0) is 22.6. The van der Waals surface area contributed by atoms with Crippen molar-refractivity contribution in [2.75, 3.05) is 13.2 Å². The van der Waals surface area contributed by atoms with E-state index in [-0.39, 0.29) is 18.4 Å². The zero-order valence-corrected chi connectivity index (χ0v) is 20.6. The van der Waals surface area contributed by atoms with Gasteiger partial charge in [0.1, 0.15) is 6.10 Å². The minimum Gasteiger partial charge on any atom is -0.458 e. The molecular formula is C25H39NO4S. The second kappa shape index (κ2) is 13.8. The number of carbonyl (C=O) groups excluding carboxylic acids is 1. The van der Waals surface area contributed by atoms with Crippen molar-refractivity contribution in [1.29, 1.82) is 0 Å². The van der Waals surface area contributed by atoms with Gasteiger partial charge < -0.3 is 14.2 Å². The summed E-state index contributed by atoms with van der Waals surface area (Å²) in [7, 11) is 0. The monoisotopic (exact) mass is 449 g/mol. The van der Waals surface area contributed by atoms with Crippen molar-refractivity contribution in [1.82, 2.24) is 4.98 Å². The van der Waals surface area contributed by atoms with Crippen LogP contribution in [0.2, 0.25) is 0 Å². The smallest absolute Gasteiger partial charge is 0.303 e. The number of aryl methyl sites for hydroxylation is 1. The number of thiazole rings is 1. The van der Waals surface area contributed by atoms with Gasteiger partial charge in [-0.2, -0.15) is 0 Å². The molecular weight excluding hydrogens is 410 g/mol. The number of nitrogens with zero attached hydrogens (tertiary/aromatic N) is 1. The quantitative estimate of drug-likeness (QED) is 0.270. The molecule has 6 heteroatoms. The molecule has 0 amide bonds. The average molecular weight is 450 g/mol. The predicted octanol–water partition coefficient (Wildman–Crippen LogP) is 6.47. The number of hydrogen-bond donors (Lipinski definition) is 0. The molecule has 1 aliphatic heterocycles. The van der Waals surface area contributed by atoms with Crippen molar-refractivity contribution in [2.45, 2.75) is 92.0 Å². The normalized spacial score (nSPS) is 19.8. The Balaban J connectivity index is 1.76. The van der Waals surface area contributed by atoms with Crippen LogP contribution in [0.5, 0.6) is 0 Å². The van der Waals surface area contributed by atoms with Crippen molar-refractivity contribution in [3.8, 4) is 0 Å². The van der Waals surface area contributed by atoms with Gasteiger partial charge in [0.25, 0.3) is 0 Å². The third-order valence-electron chi connectivity index (χ3n) is 5.48. The molecule has 0 bridgehead atoms. The molecule has 2 rings (SSSR count). The summed E-state index contributed by atoms with van der Waals surface area (Å²) in [5.41, 5.74) is 3.27. The maximum absolute atomic E-state index is 11.6. The van der Waals surface area contributed by atoms with Gasteiger partial charge in [0.15, 0.2) is 6.29 Å². The van der Waals surface area contributed by atoms with Crippen LogP contribution in [-0.4, -0.2) is 36.6 Å². The zero-order valence-electron chi connectivity index (χ0n) is 19.8. The molecule has 0 aromatic carbocycles. The second-order valence-corrected chi connectivity index (χ2v) is 9.75. The van der Waals surface area contributed by atoms with Crippen molar-refractivity contribution in [2.24, 2.45) is 5.92 Å². The lowest BCUT2D eigenvalue weighted by Gasteiger charge is -2.24. The molecule has 1 fully saturated rings. The highest BCUT2D eigenvalue weighted by Crippen LogP contribution is 2.21. The van der Waals surface area contributed by atoms with Gasteiger partial charge in [0.05, 0.1) is 17.3 Å². The van der Waals surface area contributed by atoms with E-state index >= 15 is 0 Å². The number of rotatable bonds is 12. The molecule has 1 saturated heterocycles. The van der Waals surface area contributed by atoms with Crippen molar-refractivity contribution in [3.63, 3.8) is 0 Å². The van der Waals surface area contributed by atoms with E-state index in [0.29, 0.717) is 12.3 Å².